The number of rotatable bonds is 6. The van der Waals surface area contributed by atoms with Crippen molar-refractivity contribution < 1.29 is 4.74 Å². The van der Waals surface area contributed by atoms with Gasteiger partial charge in [-0.3, -0.25) is 4.99 Å². The quantitative estimate of drug-likeness (QED) is 0.591. The summed E-state index contributed by atoms with van der Waals surface area (Å²) in [6, 6.07) is 4.59. The van der Waals surface area contributed by atoms with Crippen molar-refractivity contribution in [1.29, 1.82) is 0 Å². The van der Waals surface area contributed by atoms with Crippen molar-refractivity contribution in [3.05, 3.63) is 23.9 Å². The van der Waals surface area contributed by atoms with Crippen LogP contribution in [0.3, 0.4) is 0 Å². The zero-order chi connectivity index (χ0) is 19.9. The molecule has 1 aliphatic rings. The van der Waals surface area contributed by atoms with Crippen LogP contribution in [0.1, 0.15) is 53.0 Å². The molecule has 2 N–H and O–H groups in total. The van der Waals surface area contributed by atoms with E-state index in [1.54, 1.807) is 0 Å². The van der Waals surface area contributed by atoms with Crippen LogP contribution < -0.4 is 15.5 Å². The number of pyridine rings is 1. The molecule has 1 fully saturated rings. The monoisotopic (exact) mass is 375 g/mol. The number of guanidine groups is 1. The predicted molar refractivity (Wildman–Crippen MR) is 113 cm³/mol. The van der Waals surface area contributed by atoms with Gasteiger partial charge in [0, 0.05) is 38.9 Å². The van der Waals surface area contributed by atoms with Crippen molar-refractivity contribution in [3.63, 3.8) is 0 Å². The highest BCUT2D eigenvalue weighted by Crippen LogP contribution is 2.21. The highest BCUT2D eigenvalue weighted by atomic mass is 16.5. The summed E-state index contributed by atoms with van der Waals surface area (Å²) in [6.07, 6.45) is 4.44. The SMILES string of the molecule is CN=C(NCc1ccnc(N2CCOC(C)C2)c1)NC(C)CCC(C)(C)C. The number of morpholine rings is 1. The summed E-state index contributed by atoms with van der Waals surface area (Å²) in [6.45, 7) is 14.4. The van der Waals surface area contributed by atoms with Crippen LogP contribution >= 0.6 is 0 Å². The topological polar surface area (TPSA) is 61.8 Å². The smallest absolute Gasteiger partial charge is 0.191 e. The molecule has 2 heterocycles. The van der Waals surface area contributed by atoms with E-state index < -0.39 is 0 Å². The van der Waals surface area contributed by atoms with E-state index >= 15 is 0 Å². The zero-order valence-electron chi connectivity index (χ0n) is 17.9. The third-order valence-electron chi connectivity index (χ3n) is 4.77. The number of nitrogens with one attached hydrogen (secondary N) is 2. The number of nitrogens with zero attached hydrogens (tertiary/aromatic N) is 3. The third-order valence-corrected chi connectivity index (χ3v) is 4.77. The Bertz CT molecular complexity index is 611. The fourth-order valence-electron chi connectivity index (χ4n) is 3.11. The van der Waals surface area contributed by atoms with Crippen molar-refractivity contribution in [2.75, 3.05) is 31.6 Å². The van der Waals surface area contributed by atoms with Gasteiger partial charge in [0.1, 0.15) is 5.82 Å². The summed E-state index contributed by atoms with van der Waals surface area (Å²) >= 11 is 0. The molecule has 2 rings (SSSR count). The number of hydrogen-bond donors (Lipinski definition) is 2. The summed E-state index contributed by atoms with van der Waals surface area (Å²) in [7, 11) is 1.82. The van der Waals surface area contributed by atoms with Gasteiger partial charge in [-0.2, -0.15) is 0 Å². The molecule has 0 aromatic carbocycles. The summed E-state index contributed by atoms with van der Waals surface area (Å²) in [5.74, 6) is 1.86. The summed E-state index contributed by atoms with van der Waals surface area (Å²) in [5, 5.41) is 6.91. The lowest BCUT2D eigenvalue weighted by atomic mass is 9.89. The normalized spacial score (nSPS) is 19.7. The third kappa shape index (κ3) is 7.75. The van der Waals surface area contributed by atoms with Crippen LogP contribution in [-0.2, 0) is 11.3 Å². The molecule has 0 radical (unpaired) electrons. The molecule has 0 saturated carbocycles. The van der Waals surface area contributed by atoms with Gasteiger partial charge in [-0.1, -0.05) is 20.8 Å². The average molecular weight is 376 g/mol. The molecule has 1 aromatic rings. The minimum Gasteiger partial charge on any atom is -0.375 e. The fraction of sp³-hybridized carbons (Fsp3) is 0.714. The predicted octanol–water partition coefficient (Wildman–Crippen LogP) is 3.19. The van der Waals surface area contributed by atoms with Crippen LogP contribution in [0, 0.1) is 5.41 Å². The average Bonchev–Trinajstić information content (AvgIpc) is 2.63. The van der Waals surface area contributed by atoms with Crippen LogP contribution in [0.25, 0.3) is 0 Å². The van der Waals surface area contributed by atoms with E-state index in [1.165, 1.54) is 12.0 Å². The minimum absolute atomic E-state index is 0.250. The van der Waals surface area contributed by atoms with E-state index in [-0.39, 0.29) is 6.10 Å². The molecule has 0 amide bonds. The van der Waals surface area contributed by atoms with Crippen LogP contribution in [0.15, 0.2) is 23.3 Å². The van der Waals surface area contributed by atoms with E-state index in [0.29, 0.717) is 11.5 Å². The van der Waals surface area contributed by atoms with Crippen LogP contribution in [-0.4, -0.2) is 49.8 Å². The molecule has 0 bridgehead atoms. The highest BCUT2D eigenvalue weighted by molar-refractivity contribution is 5.79. The van der Waals surface area contributed by atoms with Gasteiger partial charge in [0.05, 0.1) is 12.7 Å². The molecule has 2 atom stereocenters. The lowest BCUT2D eigenvalue weighted by molar-refractivity contribution is 0.0529. The standard InChI is InChI=1S/C21H37N5O/c1-16(7-9-21(3,4)5)25-20(22-6)24-14-18-8-10-23-19(13-18)26-11-12-27-17(2)15-26/h8,10,13,16-17H,7,9,11-12,14-15H2,1-6H3,(H2,22,24,25). The van der Waals surface area contributed by atoms with E-state index in [2.05, 4.69) is 72.3 Å². The Balaban J connectivity index is 1.86. The van der Waals surface area contributed by atoms with Crippen LogP contribution in [0.2, 0.25) is 0 Å². The highest BCUT2D eigenvalue weighted by Gasteiger charge is 2.18. The Hall–Kier alpha value is -1.82. The second-order valence-corrected chi connectivity index (χ2v) is 8.72. The summed E-state index contributed by atoms with van der Waals surface area (Å²) in [4.78, 5) is 11.2. The molecule has 1 saturated heterocycles. The molecular formula is C21H37N5O. The Morgan fingerprint density at radius 3 is 2.89 bits per heavy atom. The van der Waals surface area contributed by atoms with Crippen molar-refractivity contribution in [2.24, 2.45) is 10.4 Å². The van der Waals surface area contributed by atoms with E-state index in [9.17, 15) is 0 Å². The number of anilines is 1. The molecule has 152 valence electrons. The van der Waals surface area contributed by atoms with Crippen LogP contribution in [0.5, 0.6) is 0 Å². The molecule has 2 unspecified atom stereocenters. The van der Waals surface area contributed by atoms with Gasteiger partial charge in [0.2, 0.25) is 0 Å². The maximum atomic E-state index is 5.63. The summed E-state index contributed by atoms with van der Waals surface area (Å²) in [5.41, 5.74) is 1.56. The molecule has 6 nitrogen and oxygen atoms in total. The first-order chi connectivity index (χ1) is 12.8. The zero-order valence-corrected chi connectivity index (χ0v) is 17.9. The van der Waals surface area contributed by atoms with Gasteiger partial charge in [-0.15, -0.1) is 0 Å². The Morgan fingerprint density at radius 1 is 1.44 bits per heavy atom. The Kier molecular flexibility index (Phi) is 7.90. The Morgan fingerprint density at radius 2 is 2.22 bits per heavy atom. The van der Waals surface area contributed by atoms with E-state index in [4.69, 9.17) is 4.74 Å². The second kappa shape index (κ2) is 9.93. The fourth-order valence-corrected chi connectivity index (χ4v) is 3.11. The Labute approximate surface area is 164 Å². The van der Waals surface area contributed by atoms with Gasteiger partial charge >= 0.3 is 0 Å². The molecule has 0 spiro atoms. The van der Waals surface area contributed by atoms with Gasteiger partial charge in [0.15, 0.2) is 5.96 Å². The van der Waals surface area contributed by atoms with Crippen molar-refractivity contribution in [1.82, 2.24) is 15.6 Å². The molecule has 1 aromatic heterocycles. The summed E-state index contributed by atoms with van der Waals surface area (Å²) < 4.78 is 5.63. The molecule has 0 aliphatic carbocycles. The number of aromatic nitrogens is 1. The first-order valence-corrected chi connectivity index (χ1v) is 10.1. The maximum absolute atomic E-state index is 5.63. The number of hydrogen-bond acceptors (Lipinski definition) is 4. The molecular weight excluding hydrogens is 338 g/mol. The first-order valence-electron chi connectivity index (χ1n) is 10.1. The van der Waals surface area contributed by atoms with Crippen molar-refractivity contribution in [2.45, 2.75) is 66.2 Å². The maximum Gasteiger partial charge on any atom is 0.191 e. The van der Waals surface area contributed by atoms with Gasteiger partial charge < -0.3 is 20.3 Å². The molecule has 1 aliphatic heterocycles. The number of ether oxygens (including phenoxy) is 1. The van der Waals surface area contributed by atoms with Crippen molar-refractivity contribution >= 4 is 11.8 Å². The lowest BCUT2D eigenvalue weighted by Gasteiger charge is -2.32. The second-order valence-electron chi connectivity index (χ2n) is 8.72. The largest absolute Gasteiger partial charge is 0.375 e. The molecule has 6 heteroatoms. The minimum atomic E-state index is 0.250. The van der Waals surface area contributed by atoms with Gasteiger partial charge in [0.25, 0.3) is 0 Å². The van der Waals surface area contributed by atoms with Crippen molar-refractivity contribution in [3.8, 4) is 0 Å². The first kappa shape index (κ1) is 21.5. The lowest BCUT2D eigenvalue weighted by Crippen LogP contribution is -2.42. The molecule has 27 heavy (non-hydrogen) atoms. The van der Waals surface area contributed by atoms with E-state index in [1.807, 2.05) is 13.2 Å². The van der Waals surface area contributed by atoms with Gasteiger partial charge in [-0.05, 0) is 49.8 Å². The van der Waals surface area contributed by atoms with Gasteiger partial charge in [-0.25, -0.2) is 4.98 Å². The number of aliphatic imine (C=N–C) groups is 1. The van der Waals surface area contributed by atoms with Crippen LogP contribution in [0.4, 0.5) is 5.82 Å². The van der Waals surface area contributed by atoms with E-state index in [0.717, 1.165) is 44.4 Å².